The Kier molecular flexibility index (Phi) is 38.1. The molecule has 0 fully saturated rings. The molecule has 310 valence electrons. The Morgan fingerprint density at radius 2 is 0.925 bits per heavy atom. The van der Waals surface area contributed by atoms with E-state index in [4.69, 9.17) is 18.9 Å². The van der Waals surface area contributed by atoms with E-state index in [9.17, 15) is 29.1 Å². The van der Waals surface area contributed by atoms with Crippen LogP contribution < -0.4 is 21.3 Å². The Bertz CT molecular complexity index is 931. The van der Waals surface area contributed by atoms with E-state index in [0.29, 0.717) is 89.4 Å². The first kappa shape index (κ1) is 50.9. The number of carboxylic acid groups (broad SMARTS) is 1. The predicted octanol–water partition coefficient (Wildman–Crippen LogP) is 4.84. The lowest BCUT2D eigenvalue weighted by atomic mass is 10.0. The highest BCUT2D eigenvalue weighted by atomic mass is 127. The number of carboxylic acids is 1. The first-order chi connectivity index (χ1) is 25.8. The molecule has 0 radical (unpaired) electrons. The molecule has 0 aromatic carbocycles. The van der Waals surface area contributed by atoms with Crippen molar-refractivity contribution in [1.82, 2.24) is 21.3 Å². The fraction of sp³-hybridized carbons (Fsp3) is 0.868. The number of aliphatic carboxylic acids is 1. The largest absolute Gasteiger partial charge is 0.480 e. The zero-order chi connectivity index (χ0) is 39.0. The molecule has 0 saturated heterocycles. The molecule has 0 aliphatic rings. The van der Waals surface area contributed by atoms with Crippen molar-refractivity contribution in [3.63, 3.8) is 0 Å². The average Bonchev–Trinajstić information content (AvgIpc) is 3.14. The minimum absolute atomic E-state index is 0.0257. The van der Waals surface area contributed by atoms with Gasteiger partial charge in [0.15, 0.2) is 0 Å². The summed E-state index contributed by atoms with van der Waals surface area (Å²) in [6.45, 7) is 6.20. The number of amides is 4. The third kappa shape index (κ3) is 38.0. The van der Waals surface area contributed by atoms with Gasteiger partial charge < -0.3 is 45.3 Å². The van der Waals surface area contributed by atoms with Crippen LogP contribution in [0.4, 0.5) is 0 Å². The zero-order valence-electron chi connectivity index (χ0n) is 32.5. The van der Waals surface area contributed by atoms with Gasteiger partial charge in [0.05, 0.1) is 57.3 Å². The zero-order valence-corrected chi connectivity index (χ0v) is 34.7. The molecule has 53 heavy (non-hydrogen) atoms. The molecule has 4 amide bonds. The monoisotopic (exact) mass is 870 g/mol. The topological polar surface area (TPSA) is 191 Å². The summed E-state index contributed by atoms with van der Waals surface area (Å²) in [6.07, 6.45) is 18.3. The van der Waals surface area contributed by atoms with E-state index in [2.05, 4.69) is 28.2 Å². The number of nitrogens with one attached hydrogen (secondary N) is 4. The van der Waals surface area contributed by atoms with E-state index in [1.807, 2.05) is 22.6 Å². The van der Waals surface area contributed by atoms with Gasteiger partial charge in [-0.05, 0) is 25.7 Å². The quantitative estimate of drug-likeness (QED) is 0.0324. The Hall–Kier alpha value is -2.08. The van der Waals surface area contributed by atoms with Crippen LogP contribution in [0.1, 0.15) is 129 Å². The minimum atomic E-state index is -1.04. The maximum absolute atomic E-state index is 12.3. The van der Waals surface area contributed by atoms with Crippen molar-refractivity contribution in [2.45, 2.75) is 135 Å². The number of halogens is 1. The van der Waals surface area contributed by atoms with Gasteiger partial charge in [-0.15, -0.1) is 0 Å². The summed E-state index contributed by atoms with van der Waals surface area (Å²) in [5, 5.41) is 20.4. The minimum Gasteiger partial charge on any atom is -0.480 e. The van der Waals surface area contributed by atoms with Crippen molar-refractivity contribution in [1.29, 1.82) is 0 Å². The summed E-state index contributed by atoms with van der Waals surface area (Å²) in [7, 11) is 0. The smallest absolute Gasteiger partial charge is 0.326 e. The summed E-state index contributed by atoms with van der Waals surface area (Å²) >= 11 is 1.99. The second-order valence-corrected chi connectivity index (χ2v) is 13.8. The summed E-state index contributed by atoms with van der Waals surface area (Å²) in [5.74, 6) is -1.56. The lowest BCUT2D eigenvalue weighted by Crippen LogP contribution is -2.40. The lowest BCUT2D eigenvalue weighted by Gasteiger charge is -2.14. The Labute approximate surface area is 332 Å². The Morgan fingerprint density at radius 3 is 1.40 bits per heavy atom. The van der Waals surface area contributed by atoms with Crippen molar-refractivity contribution in [3.8, 4) is 0 Å². The summed E-state index contributed by atoms with van der Waals surface area (Å²) in [4.78, 5) is 58.9. The van der Waals surface area contributed by atoms with Crippen molar-refractivity contribution < 1.29 is 48.0 Å². The van der Waals surface area contributed by atoms with Gasteiger partial charge in [0.25, 0.3) is 0 Å². The van der Waals surface area contributed by atoms with E-state index in [1.165, 1.54) is 64.2 Å². The summed E-state index contributed by atoms with van der Waals surface area (Å²) in [5.41, 5.74) is 0. The molecular weight excluding hydrogens is 799 g/mol. The molecule has 0 aromatic rings. The van der Waals surface area contributed by atoms with E-state index < -0.39 is 12.0 Å². The highest BCUT2D eigenvalue weighted by molar-refractivity contribution is 14.1. The van der Waals surface area contributed by atoms with Crippen molar-refractivity contribution in [2.75, 3.05) is 76.9 Å². The molecule has 15 heteroatoms. The van der Waals surface area contributed by atoms with Crippen LogP contribution in [0.25, 0.3) is 0 Å². The van der Waals surface area contributed by atoms with Crippen LogP contribution in [-0.2, 0) is 42.9 Å². The van der Waals surface area contributed by atoms with Crippen molar-refractivity contribution in [3.05, 3.63) is 0 Å². The molecule has 0 heterocycles. The Morgan fingerprint density at radius 1 is 0.491 bits per heavy atom. The van der Waals surface area contributed by atoms with Gasteiger partial charge in [-0.3, -0.25) is 19.2 Å². The fourth-order valence-corrected chi connectivity index (χ4v) is 5.52. The predicted molar refractivity (Wildman–Crippen MR) is 214 cm³/mol. The molecule has 0 aliphatic carbocycles. The van der Waals surface area contributed by atoms with Gasteiger partial charge in [-0.25, -0.2) is 4.79 Å². The molecule has 1 atom stereocenters. The highest BCUT2D eigenvalue weighted by Crippen LogP contribution is 2.13. The average molecular weight is 871 g/mol. The van der Waals surface area contributed by atoms with Gasteiger partial charge in [0.1, 0.15) is 6.04 Å². The van der Waals surface area contributed by atoms with Gasteiger partial charge in [0, 0.05) is 38.9 Å². The molecule has 0 saturated carbocycles. The number of unbranched alkanes of at least 4 members (excludes halogenated alkanes) is 13. The second-order valence-electron chi connectivity index (χ2n) is 13.1. The van der Waals surface area contributed by atoms with Gasteiger partial charge in [-0.2, -0.15) is 0 Å². The van der Waals surface area contributed by atoms with Crippen LogP contribution in [0.3, 0.4) is 0 Å². The number of hydrogen-bond acceptors (Lipinski definition) is 9. The first-order valence-corrected chi connectivity index (χ1v) is 21.5. The number of carbonyl (C=O) groups is 5. The number of rotatable bonds is 40. The van der Waals surface area contributed by atoms with E-state index in [1.54, 1.807) is 0 Å². The number of alkyl halides is 1. The fourth-order valence-electron chi connectivity index (χ4n) is 5.25. The van der Waals surface area contributed by atoms with Crippen LogP contribution in [0.2, 0.25) is 0 Å². The van der Waals surface area contributed by atoms with E-state index >= 15 is 0 Å². The SMILES string of the molecule is CCCCCCCCCCCCCCCC(=O)NC(CCCCNC(=O)CCOCCOCCNC(=O)CCOCCOCCNC(=O)CI)C(=O)O. The third-order valence-corrected chi connectivity index (χ3v) is 9.02. The van der Waals surface area contributed by atoms with E-state index in [-0.39, 0.29) is 49.7 Å². The highest BCUT2D eigenvalue weighted by Gasteiger charge is 2.19. The van der Waals surface area contributed by atoms with Crippen LogP contribution in [0, 0.1) is 0 Å². The van der Waals surface area contributed by atoms with Crippen molar-refractivity contribution in [2.24, 2.45) is 0 Å². The Balaban J connectivity index is 3.60. The molecule has 14 nitrogen and oxygen atoms in total. The van der Waals surface area contributed by atoms with Crippen LogP contribution in [0.15, 0.2) is 0 Å². The normalized spacial score (nSPS) is 11.6. The number of carbonyl (C=O) groups excluding carboxylic acids is 4. The third-order valence-electron chi connectivity index (χ3n) is 8.33. The van der Waals surface area contributed by atoms with Crippen LogP contribution in [-0.4, -0.2) is 118 Å². The standard InChI is InChI=1S/C38H71IN4O10/c1-2-3-4-5-6-7-8-9-10-11-12-13-14-18-36(46)43-33(38(48)49)17-15-16-21-40-34(44)19-24-50-28-30-52-26-22-41-35(45)20-25-51-29-31-53-27-23-42-37(47)32-39/h33H,2-32H2,1H3,(H,40,44)(H,41,45)(H,42,47)(H,43,46)(H,48,49). The maximum Gasteiger partial charge on any atom is 0.326 e. The van der Waals surface area contributed by atoms with Crippen molar-refractivity contribution >= 4 is 52.2 Å². The molecule has 1 unspecified atom stereocenters. The van der Waals surface area contributed by atoms with E-state index in [0.717, 1.165) is 19.3 Å². The molecule has 5 N–H and O–H groups in total. The van der Waals surface area contributed by atoms with Crippen LogP contribution >= 0.6 is 22.6 Å². The van der Waals surface area contributed by atoms with Gasteiger partial charge in [-0.1, -0.05) is 107 Å². The maximum atomic E-state index is 12.3. The first-order valence-electron chi connectivity index (χ1n) is 20.0. The lowest BCUT2D eigenvalue weighted by molar-refractivity contribution is -0.142. The van der Waals surface area contributed by atoms with Gasteiger partial charge >= 0.3 is 5.97 Å². The number of ether oxygens (including phenoxy) is 4. The summed E-state index contributed by atoms with van der Waals surface area (Å²) in [6, 6.07) is -0.915. The van der Waals surface area contributed by atoms with Gasteiger partial charge in [0.2, 0.25) is 23.6 Å². The molecule has 0 spiro atoms. The van der Waals surface area contributed by atoms with Crippen LogP contribution in [0.5, 0.6) is 0 Å². The molecule has 0 aliphatic heterocycles. The molecule has 0 bridgehead atoms. The molecule has 0 rings (SSSR count). The molecule has 0 aromatic heterocycles. The second kappa shape index (κ2) is 39.6. The summed E-state index contributed by atoms with van der Waals surface area (Å²) < 4.78 is 22.0. The number of hydrogen-bond donors (Lipinski definition) is 5. The molecular formula is C38H71IN4O10.